The van der Waals surface area contributed by atoms with Gasteiger partial charge in [0.25, 0.3) is 0 Å². The summed E-state index contributed by atoms with van der Waals surface area (Å²) < 4.78 is 135. The van der Waals surface area contributed by atoms with Gasteiger partial charge in [0.05, 0.1) is 36.0 Å². The number of benzene rings is 5. The third kappa shape index (κ3) is 9.43. The highest BCUT2D eigenvalue weighted by molar-refractivity contribution is 5.79. The highest BCUT2D eigenvalue weighted by atomic mass is 19.2. The summed E-state index contributed by atoms with van der Waals surface area (Å²) in [5.41, 5.74) is -4.06. The zero-order valence-corrected chi connectivity index (χ0v) is 32.6. The first-order valence-electron chi connectivity index (χ1n) is 18.7. The van der Waals surface area contributed by atoms with Crippen molar-refractivity contribution >= 4 is 18.2 Å². The predicted molar refractivity (Wildman–Crippen MR) is 212 cm³/mol. The molecule has 0 N–H and O–H groups in total. The van der Waals surface area contributed by atoms with Crippen molar-refractivity contribution in [2.45, 2.75) is 60.3 Å². The van der Waals surface area contributed by atoms with Crippen molar-refractivity contribution in [2.75, 3.05) is 13.7 Å². The van der Waals surface area contributed by atoms with E-state index in [0.29, 0.717) is 46.6 Å². The fourth-order valence-electron chi connectivity index (χ4n) is 6.60. The van der Waals surface area contributed by atoms with E-state index in [2.05, 4.69) is 20.8 Å². The summed E-state index contributed by atoms with van der Waals surface area (Å²) in [6.07, 6.45) is 11.6. The smallest absolute Gasteiger partial charge is 0.170 e. The van der Waals surface area contributed by atoms with Crippen molar-refractivity contribution in [1.29, 1.82) is 0 Å². The number of hydrogen-bond donors (Lipinski definition) is 0. The largest absolute Gasteiger partial charge is 0.496 e. The Morgan fingerprint density at radius 3 is 1.47 bits per heavy atom. The van der Waals surface area contributed by atoms with E-state index < -0.39 is 68.8 Å². The molecule has 0 fully saturated rings. The Kier molecular flexibility index (Phi) is 14.0. The summed E-state index contributed by atoms with van der Waals surface area (Å²) in [5, 5.41) is 0. The van der Waals surface area contributed by atoms with Crippen LogP contribution in [-0.4, -0.2) is 13.7 Å². The number of rotatable bonds is 15. The number of aryl methyl sites for hydroxylation is 1. The number of allylic oxidation sites excluding steroid dienone is 1. The van der Waals surface area contributed by atoms with Crippen molar-refractivity contribution in [3.05, 3.63) is 136 Å². The molecule has 2 nitrogen and oxygen atoms in total. The second kappa shape index (κ2) is 18.7. The molecule has 5 aromatic carbocycles. The molecule has 5 rings (SSSR count). The minimum Gasteiger partial charge on any atom is -0.496 e. The number of halogens is 8. The Bertz CT molecular complexity index is 2220. The molecule has 0 bridgehead atoms. The summed E-state index contributed by atoms with van der Waals surface area (Å²) in [5.74, 6) is -14.6. The Balaban J connectivity index is 1.42. The molecule has 0 saturated carbocycles. The fourth-order valence-corrected chi connectivity index (χ4v) is 6.60. The lowest BCUT2D eigenvalue weighted by Gasteiger charge is -2.16. The van der Waals surface area contributed by atoms with Crippen LogP contribution < -0.4 is 9.47 Å². The van der Waals surface area contributed by atoms with Crippen LogP contribution in [0.5, 0.6) is 11.5 Å². The molecule has 0 radical (unpaired) electrons. The van der Waals surface area contributed by atoms with E-state index in [4.69, 9.17) is 9.47 Å². The van der Waals surface area contributed by atoms with E-state index in [1.807, 2.05) is 31.2 Å². The minimum atomic E-state index is -2.24. The predicted octanol–water partition coefficient (Wildman–Crippen LogP) is 14.6. The van der Waals surface area contributed by atoms with E-state index in [1.165, 1.54) is 68.5 Å². The van der Waals surface area contributed by atoms with Gasteiger partial charge in [-0.2, -0.15) is 0 Å². The van der Waals surface area contributed by atoms with Crippen molar-refractivity contribution in [1.82, 2.24) is 0 Å². The Hall–Kier alpha value is -5.38. The first kappa shape index (κ1) is 42.8. The van der Waals surface area contributed by atoms with Gasteiger partial charge >= 0.3 is 0 Å². The molecule has 0 amide bonds. The highest BCUT2D eigenvalue weighted by Crippen LogP contribution is 2.42. The number of methoxy groups -OCH3 is 1. The lowest BCUT2D eigenvalue weighted by atomic mass is 9.93. The van der Waals surface area contributed by atoms with Crippen LogP contribution in [0, 0.1) is 65.3 Å². The van der Waals surface area contributed by atoms with Gasteiger partial charge < -0.3 is 9.47 Å². The van der Waals surface area contributed by atoms with E-state index >= 15 is 35.1 Å². The lowest BCUT2D eigenvalue weighted by Crippen LogP contribution is -2.09. The van der Waals surface area contributed by atoms with Crippen LogP contribution >= 0.6 is 0 Å². The van der Waals surface area contributed by atoms with Gasteiger partial charge in [0.1, 0.15) is 11.5 Å². The summed E-state index contributed by atoms with van der Waals surface area (Å²) >= 11 is 0. The van der Waals surface area contributed by atoms with E-state index in [0.717, 1.165) is 18.4 Å². The maximum Gasteiger partial charge on any atom is 0.170 e. The van der Waals surface area contributed by atoms with Gasteiger partial charge in [-0.05, 0) is 60.9 Å². The topological polar surface area (TPSA) is 18.5 Å². The molecule has 0 aliphatic carbocycles. The van der Waals surface area contributed by atoms with Gasteiger partial charge in [-0.25, -0.2) is 35.1 Å². The summed E-state index contributed by atoms with van der Waals surface area (Å²) in [4.78, 5) is 0. The SMILES string of the molecule is CC=Cc1cc(OC)c(C=Cc2ccc(-c3c(F)c(F)c(-c4c(F)c(F)c(-c5ccc(C)cc5)c(F)c4F)c(F)c3F)cc2)cc1OCCC(C)CCCC(C)C. The van der Waals surface area contributed by atoms with Gasteiger partial charge in [-0.3, -0.25) is 0 Å². The first-order valence-corrected chi connectivity index (χ1v) is 18.7. The van der Waals surface area contributed by atoms with Crippen LogP contribution in [-0.2, 0) is 0 Å². The second-order valence-electron chi connectivity index (χ2n) is 14.5. The normalized spacial score (nSPS) is 12.3. The molecule has 0 heterocycles. The zero-order valence-electron chi connectivity index (χ0n) is 32.6. The van der Waals surface area contributed by atoms with Crippen LogP contribution in [0.15, 0.2) is 66.7 Å². The summed E-state index contributed by atoms with van der Waals surface area (Å²) in [7, 11) is 1.53. The van der Waals surface area contributed by atoms with Gasteiger partial charge in [-0.15, -0.1) is 0 Å². The third-order valence-electron chi connectivity index (χ3n) is 9.83. The molecule has 1 unspecified atom stereocenters. The number of ether oxygens (including phenoxy) is 2. The first-order chi connectivity index (χ1) is 27.2. The molecule has 57 heavy (non-hydrogen) atoms. The molecular weight excluding hydrogens is 748 g/mol. The van der Waals surface area contributed by atoms with E-state index in [-0.39, 0.29) is 11.1 Å². The Labute approximate surface area is 328 Å². The van der Waals surface area contributed by atoms with Crippen LogP contribution in [0.25, 0.3) is 51.6 Å². The van der Waals surface area contributed by atoms with Crippen molar-refractivity contribution in [3.8, 4) is 44.9 Å². The van der Waals surface area contributed by atoms with E-state index in [9.17, 15) is 0 Å². The molecule has 10 heteroatoms. The summed E-state index contributed by atoms with van der Waals surface area (Å²) in [6, 6.07) is 14.2. The molecular formula is C47H44F8O2. The average Bonchev–Trinajstić information content (AvgIpc) is 3.18. The standard InChI is InChI=1S/C47H44F8O2/c1-7-9-32-24-34(56-6)33(25-35(32)57-23-22-27(4)11-8-10-26(2)3)21-16-29-14-19-31(20-15-29)37-42(50)46(54)39(47(55)43(37)51)38-44(52)40(48)36(41(49)45(38)53)30-17-12-28(5)13-18-30/h7,9,12-21,24-27H,8,10-11,22-23H2,1-6H3. The highest BCUT2D eigenvalue weighted by Gasteiger charge is 2.34. The maximum absolute atomic E-state index is 15.6. The second-order valence-corrected chi connectivity index (χ2v) is 14.5. The van der Waals surface area contributed by atoms with Crippen LogP contribution in [0.1, 0.15) is 75.6 Å². The molecule has 1 atom stereocenters. The van der Waals surface area contributed by atoms with Crippen molar-refractivity contribution in [2.24, 2.45) is 11.8 Å². The van der Waals surface area contributed by atoms with Gasteiger partial charge in [-0.1, -0.05) is 118 Å². The molecule has 0 aliphatic heterocycles. The Morgan fingerprint density at radius 2 is 1.00 bits per heavy atom. The number of hydrogen-bond acceptors (Lipinski definition) is 2. The van der Waals surface area contributed by atoms with Gasteiger partial charge in [0.2, 0.25) is 0 Å². The van der Waals surface area contributed by atoms with Crippen molar-refractivity contribution in [3.63, 3.8) is 0 Å². The van der Waals surface area contributed by atoms with Crippen LogP contribution in [0.4, 0.5) is 35.1 Å². The van der Waals surface area contributed by atoms with Crippen molar-refractivity contribution < 1.29 is 44.6 Å². The molecule has 0 aliphatic rings. The quantitative estimate of drug-likeness (QED) is 0.0597. The lowest BCUT2D eigenvalue weighted by molar-refractivity contribution is 0.275. The van der Waals surface area contributed by atoms with E-state index in [1.54, 1.807) is 19.1 Å². The monoisotopic (exact) mass is 792 g/mol. The molecule has 5 aromatic rings. The van der Waals surface area contributed by atoms with Crippen LogP contribution in [0.2, 0.25) is 0 Å². The van der Waals surface area contributed by atoms with Gasteiger partial charge in [0.15, 0.2) is 46.5 Å². The fraction of sp³-hybridized carbons (Fsp3) is 0.277. The van der Waals surface area contributed by atoms with Gasteiger partial charge in [0, 0.05) is 11.1 Å². The molecule has 0 spiro atoms. The third-order valence-corrected chi connectivity index (χ3v) is 9.83. The maximum atomic E-state index is 15.6. The summed E-state index contributed by atoms with van der Waals surface area (Å²) in [6.45, 7) is 10.7. The van der Waals surface area contributed by atoms with Crippen LogP contribution in [0.3, 0.4) is 0 Å². The molecule has 0 saturated heterocycles. The zero-order chi connectivity index (χ0) is 41.6. The Morgan fingerprint density at radius 1 is 0.544 bits per heavy atom. The molecule has 300 valence electrons. The minimum absolute atomic E-state index is 0.268. The molecule has 0 aromatic heterocycles. The average molecular weight is 793 g/mol.